The molecule has 0 saturated carbocycles. The van der Waals surface area contributed by atoms with Crippen LogP contribution in [0.25, 0.3) is 45.5 Å². The standard InChI is InChI=1S/C22H17.C18H17.C2H7Si.2ClH.Zr/c1-16-14-21-19(17-8-4-2-5-9-17)12-13-20(22(21)15-16)18-10-6-3-7-11-18;1-13(2)16-11-15-9-6-10-17(18(15)12-16)14-7-4-3-5-8-14;1-3-2;;;/h2-15H,1H3;3-13H,1-2H3;3H,1-2H3;2*1H;/q;;;;;+2/p-2. The molecule has 0 nitrogen and oxygen atoms in total. The molecule has 0 N–H and O–H groups in total. The molecule has 0 heterocycles. The van der Waals surface area contributed by atoms with Crippen LogP contribution in [-0.2, 0) is 15.6 Å². The van der Waals surface area contributed by atoms with Crippen LogP contribution in [0.15, 0.2) is 132 Å². The summed E-state index contributed by atoms with van der Waals surface area (Å²) in [6, 6.07) is 43.9. The summed E-state index contributed by atoms with van der Waals surface area (Å²) in [5, 5.41) is 0. The zero-order valence-corrected chi connectivity index (χ0v) is 32.4. The predicted molar refractivity (Wildman–Crippen MR) is 202 cm³/mol. The molecule has 0 radical (unpaired) electrons. The SMILES string of the molecule is CC1=Cc2c(-c3ccccc3)ccc(-c3ccccc3)c2[CH]1[Zr]([Cl])([Cl])([CH]1C(C(C)C)=Cc2c(-c3ccccc3)cccc21)[SiH](C)C. The fraction of sp³-hybridized carbons (Fsp3) is 0.190. The van der Waals surface area contributed by atoms with E-state index in [1.165, 1.54) is 66.8 Å². The molecule has 4 heteroatoms. The van der Waals surface area contributed by atoms with Crippen LogP contribution >= 0.6 is 17.0 Å². The molecule has 0 aliphatic heterocycles. The van der Waals surface area contributed by atoms with E-state index in [0.717, 1.165) is 0 Å². The van der Waals surface area contributed by atoms with Crippen LogP contribution < -0.4 is 0 Å². The number of benzene rings is 5. The van der Waals surface area contributed by atoms with Crippen molar-refractivity contribution in [1.82, 2.24) is 0 Å². The summed E-state index contributed by atoms with van der Waals surface area (Å²) in [7, 11) is 17.5. The van der Waals surface area contributed by atoms with E-state index in [-0.39, 0.29) is 7.25 Å². The van der Waals surface area contributed by atoms with Gasteiger partial charge in [0.15, 0.2) is 0 Å². The van der Waals surface area contributed by atoms with Crippen LogP contribution in [0.4, 0.5) is 0 Å². The summed E-state index contributed by atoms with van der Waals surface area (Å²) < 4.78 is 0.0715. The van der Waals surface area contributed by atoms with Crippen LogP contribution in [0, 0.1) is 5.92 Å². The van der Waals surface area contributed by atoms with Crippen LogP contribution in [0.5, 0.6) is 0 Å². The van der Waals surface area contributed by atoms with Crippen molar-refractivity contribution in [2.45, 2.75) is 41.1 Å². The average molecular weight is 736 g/mol. The normalized spacial score (nSPS) is 18.2. The summed E-state index contributed by atoms with van der Waals surface area (Å²) in [6.07, 6.45) is 4.90. The van der Waals surface area contributed by atoms with Crippen molar-refractivity contribution in [1.29, 1.82) is 0 Å². The molecular formula is C42H41Cl2SiZr. The fourth-order valence-corrected chi connectivity index (χ4v) is 40.4. The Hall–Kier alpha value is -2.74. The Morgan fingerprint density at radius 3 is 1.59 bits per heavy atom. The van der Waals surface area contributed by atoms with Crippen molar-refractivity contribution < 1.29 is 15.6 Å². The van der Waals surface area contributed by atoms with Gasteiger partial charge in [0.2, 0.25) is 0 Å². The molecule has 0 fully saturated rings. The van der Waals surface area contributed by atoms with E-state index >= 15 is 0 Å². The Balaban J connectivity index is 1.53. The molecule has 0 saturated heterocycles. The van der Waals surface area contributed by atoms with E-state index in [9.17, 15) is 0 Å². The second-order valence-corrected chi connectivity index (χ2v) is 56.3. The summed E-state index contributed by atoms with van der Waals surface area (Å²) in [5.41, 5.74) is 15.5. The van der Waals surface area contributed by atoms with Gasteiger partial charge in [0.25, 0.3) is 0 Å². The molecule has 231 valence electrons. The van der Waals surface area contributed by atoms with E-state index in [2.05, 4.69) is 167 Å². The maximum absolute atomic E-state index is 8.74. The Morgan fingerprint density at radius 2 is 1.07 bits per heavy atom. The fourth-order valence-electron chi connectivity index (χ4n) is 8.33. The number of hydrogen-bond donors (Lipinski definition) is 0. The number of allylic oxidation sites excluding steroid dienone is 2. The number of halogens is 2. The Bertz CT molecular complexity index is 1990. The average Bonchev–Trinajstić information content (AvgIpc) is 3.65. The van der Waals surface area contributed by atoms with Crippen LogP contribution in [0.1, 0.15) is 50.3 Å². The quantitative estimate of drug-likeness (QED) is 0.146. The third kappa shape index (κ3) is 4.95. The first-order valence-electron chi connectivity index (χ1n) is 16.5. The first-order valence-corrected chi connectivity index (χ1v) is 32.9. The topological polar surface area (TPSA) is 0 Å². The van der Waals surface area contributed by atoms with Gasteiger partial charge in [-0.1, -0.05) is 0 Å². The molecule has 2 unspecified atom stereocenters. The van der Waals surface area contributed by atoms with Crippen LogP contribution in [0.2, 0.25) is 13.1 Å². The molecule has 46 heavy (non-hydrogen) atoms. The van der Waals surface area contributed by atoms with Crippen LogP contribution in [0.3, 0.4) is 0 Å². The van der Waals surface area contributed by atoms with Crippen LogP contribution in [-0.4, -0.2) is 5.92 Å². The van der Waals surface area contributed by atoms with Gasteiger partial charge in [0.1, 0.15) is 0 Å². The summed E-state index contributed by atoms with van der Waals surface area (Å²) >= 11 is -4.94. The monoisotopic (exact) mass is 733 g/mol. The Kier molecular flexibility index (Phi) is 8.34. The third-order valence-electron chi connectivity index (χ3n) is 10.6. The zero-order chi connectivity index (χ0) is 32.2. The second-order valence-electron chi connectivity index (χ2n) is 13.8. The first kappa shape index (κ1) is 31.8. The van der Waals surface area contributed by atoms with Crippen molar-refractivity contribution >= 4 is 35.1 Å². The van der Waals surface area contributed by atoms with Gasteiger partial charge >= 0.3 is 286 Å². The molecular weight excluding hydrogens is 695 g/mol. The van der Waals surface area contributed by atoms with Gasteiger partial charge in [-0.25, -0.2) is 0 Å². The summed E-state index contributed by atoms with van der Waals surface area (Å²) in [6.45, 7) is 11.8. The number of fused-ring (bicyclic) bond motifs is 2. The van der Waals surface area contributed by atoms with Crippen molar-refractivity contribution in [2.75, 3.05) is 0 Å². The molecule has 7 rings (SSSR count). The van der Waals surface area contributed by atoms with Gasteiger partial charge in [0, 0.05) is 0 Å². The minimum absolute atomic E-state index is 0.0174. The van der Waals surface area contributed by atoms with Crippen molar-refractivity contribution in [3.05, 3.63) is 155 Å². The second kappa shape index (κ2) is 12.1. The summed E-state index contributed by atoms with van der Waals surface area (Å²) in [5.74, 6) is -1.36. The number of rotatable bonds is 7. The van der Waals surface area contributed by atoms with Crippen molar-refractivity contribution in [2.24, 2.45) is 5.92 Å². The van der Waals surface area contributed by atoms with Gasteiger partial charge in [0.05, 0.1) is 0 Å². The van der Waals surface area contributed by atoms with Gasteiger partial charge in [-0.2, -0.15) is 0 Å². The van der Waals surface area contributed by atoms with E-state index < -0.39 is 21.5 Å². The number of hydrogen-bond acceptors (Lipinski definition) is 0. The predicted octanol–water partition coefficient (Wildman–Crippen LogP) is 12.9. The third-order valence-corrected chi connectivity index (χ3v) is 62.5. The molecule has 5 aromatic carbocycles. The maximum atomic E-state index is 8.74. The van der Waals surface area contributed by atoms with Gasteiger partial charge in [-0.15, -0.1) is 0 Å². The molecule has 0 aromatic heterocycles. The summed E-state index contributed by atoms with van der Waals surface area (Å²) in [4.78, 5) is 0. The minimum atomic E-state index is -4.94. The van der Waals surface area contributed by atoms with Crippen molar-refractivity contribution in [3.63, 3.8) is 0 Å². The molecule has 0 amide bonds. The molecule has 0 spiro atoms. The molecule has 2 atom stereocenters. The Morgan fingerprint density at radius 1 is 0.565 bits per heavy atom. The molecule has 5 aromatic rings. The van der Waals surface area contributed by atoms with E-state index in [4.69, 9.17) is 17.0 Å². The molecule has 2 aliphatic carbocycles. The zero-order valence-electron chi connectivity index (χ0n) is 27.3. The Labute approximate surface area is 283 Å². The molecule has 2 aliphatic rings. The van der Waals surface area contributed by atoms with E-state index in [0.29, 0.717) is 5.92 Å². The van der Waals surface area contributed by atoms with Gasteiger partial charge in [-0.3, -0.25) is 0 Å². The first-order chi connectivity index (χ1) is 22.1. The van der Waals surface area contributed by atoms with E-state index in [1.807, 2.05) is 0 Å². The van der Waals surface area contributed by atoms with Gasteiger partial charge < -0.3 is 0 Å². The van der Waals surface area contributed by atoms with Crippen molar-refractivity contribution in [3.8, 4) is 33.4 Å². The molecule has 0 bridgehead atoms. The van der Waals surface area contributed by atoms with Gasteiger partial charge in [-0.05, 0) is 0 Å². The van der Waals surface area contributed by atoms with E-state index in [1.54, 1.807) is 0 Å².